The van der Waals surface area contributed by atoms with Crippen molar-refractivity contribution in [2.75, 3.05) is 12.0 Å². The number of nitrogens with zero attached hydrogens (tertiary/aromatic N) is 1. The van der Waals surface area contributed by atoms with Gasteiger partial charge in [0.05, 0.1) is 0 Å². The van der Waals surface area contributed by atoms with Crippen molar-refractivity contribution in [1.82, 2.24) is 4.57 Å². The highest BCUT2D eigenvalue weighted by Gasteiger charge is 2.19. The molecule has 3 aromatic rings. The van der Waals surface area contributed by atoms with Gasteiger partial charge in [0.1, 0.15) is 5.82 Å². The number of aromatic nitrogens is 1. The van der Waals surface area contributed by atoms with Gasteiger partial charge in [0.25, 0.3) is 0 Å². The molecule has 0 spiro atoms. The van der Waals surface area contributed by atoms with Crippen LogP contribution in [0.5, 0.6) is 0 Å². The van der Waals surface area contributed by atoms with Crippen LogP contribution in [-0.2, 0) is 13.1 Å². The van der Waals surface area contributed by atoms with Crippen LogP contribution >= 0.6 is 23.4 Å². The van der Waals surface area contributed by atoms with Gasteiger partial charge in [0, 0.05) is 51.6 Å². The highest BCUT2D eigenvalue weighted by molar-refractivity contribution is 7.98. The van der Waals surface area contributed by atoms with E-state index in [0.717, 1.165) is 34.5 Å². The average Bonchev–Trinajstić information content (AvgIpc) is 2.85. The third kappa shape index (κ3) is 2.99. The van der Waals surface area contributed by atoms with Crippen molar-refractivity contribution in [2.24, 2.45) is 5.73 Å². The Hall–Kier alpha value is -1.49. The van der Waals surface area contributed by atoms with Gasteiger partial charge in [-0.1, -0.05) is 29.8 Å². The minimum Gasteiger partial charge on any atom is -0.342 e. The summed E-state index contributed by atoms with van der Waals surface area (Å²) in [5, 5.41) is 1.59. The fourth-order valence-electron chi connectivity index (χ4n) is 2.99. The lowest BCUT2D eigenvalue weighted by molar-refractivity contribution is 0.631. The normalized spacial score (nSPS) is 11.3. The van der Waals surface area contributed by atoms with E-state index in [4.69, 9.17) is 17.3 Å². The van der Waals surface area contributed by atoms with E-state index >= 15 is 0 Å². The maximum absolute atomic E-state index is 14.4. The van der Waals surface area contributed by atoms with E-state index in [-0.39, 0.29) is 5.82 Å². The minimum absolute atomic E-state index is 0.244. The van der Waals surface area contributed by atoms with E-state index in [1.54, 1.807) is 23.9 Å². The molecule has 0 bridgehead atoms. The fraction of sp³-hybridized carbons (Fsp3) is 0.222. The zero-order valence-corrected chi connectivity index (χ0v) is 14.4. The van der Waals surface area contributed by atoms with Gasteiger partial charge in [0.2, 0.25) is 0 Å². The van der Waals surface area contributed by atoms with E-state index in [1.165, 1.54) is 6.07 Å². The highest BCUT2D eigenvalue weighted by Crippen LogP contribution is 2.37. The summed E-state index contributed by atoms with van der Waals surface area (Å²) in [7, 11) is 0. The maximum Gasteiger partial charge on any atom is 0.131 e. The first-order valence-corrected chi connectivity index (χ1v) is 9.19. The van der Waals surface area contributed by atoms with Crippen molar-refractivity contribution in [3.05, 3.63) is 59.0 Å². The smallest absolute Gasteiger partial charge is 0.131 e. The molecule has 0 saturated carbocycles. The lowest BCUT2D eigenvalue weighted by Gasteiger charge is -2.10. The summed E-state index contributed by atoms with van der Waals surface area (Å²) in [5.74, 6) is 0.724. The van der Waals surface area contributed by atoms with E-state index in [9.17, 15) is 4.39 Å². The summed E-state index contributed by atoms with van der Waals surface area (Å²) < 4.78 is 16.6. The van der Waals surface area contributed by atoms with Gasteiger partial charge < -0.3 is 10.3 Å². The third-order valence-corrected chi connectivity index (χ3v) is 4.81. The van der Waals surface area contributed by atoms with Crippen LogP contribution in [-0.4, -0.2) is 16.6 Å². The Morgan fingerprint density at radius 2 is 2.00 bits per heavy atom. The number of hydrogen-bond donors (Lipinski definition) is 1. The molecule has 0 amide bonds. The van der Waals surface area contributed by atoms with Gasteiger partial charge in [-0.25, -0.2) is 4.39 Å². The van der Waals surface area contributed by atoms with E-state index in [1.807, 2.05) is 24.3 Å². The van der Waals surface area contributed by atoms with Crippen molar-refractivity contribution in [3.8, 4) is 11.1 Å². The van der Waals surface area contributed by atoms with Crippen molar-refractivity contribution >= 4 is 34.3 Å². The zero-order valence-electron chi connectivity index (χ0n) is 12.9. The average molecular weight is 349 g/mol. The second kappa shape index (κ2) is 6.95. The van der Waals surface area contributed by atoms with Crippen LogP contribution in [0.25, 0.3) is 22.0 Å². The van der Waals surface area contributed by atoms with Crippen molar-refractivity contribution < 1.29 is 4.39 Å². The standard InChI is InChI=1S/C18H18ClFN2S/c1-23-9-8-22-16-7-6-12(19)10-14(16)18(17(22)11-21)13-4-2-3-5-15(13)20/h2-7,10H,8-9,11,21H2,1H3. The van der Waals surface area contributed by atoms with E-state index < -0.39 is 0 Å². The van der Waals surface area contributed by atoms with Gasteiger partial charge in [0.15, 0.2) is 0 Å². The molecule has 2 nitrogen and oxygen atoms in total. The number of benzene rings is 2. The molecule has 0 aliphatic carbocycles. The van der Waals surface area contributed by atoms with Crippen molar-refractivity contribution in [1.29, 1.82) is 0 Å². The Kier molecular flexibility index (Phi) is 4.95. The molecule has 2 N–H and O–H groups in total. The van der Waals surface area contributed by atoms with Crippen molar-refractivity contribution in [2.45, 2.75) is 13.1 Å². The van der Waals surface area contributed by atoms with Gasteiger partial charge >= 0.3 is 0 Å². The molecule has 0 unspecified atom stereocenters. The van der Waals surface area contributed by atoms with Crippen LogP contribution in [0.4, 0.5) is 4.39 Å². The SMILES string of the molecule is CSCCn1c(CN)c(-c2ccccc2F)c2cc(Cl)ccc21. The zero-order chi connectivity index (χ0) is 16.4. The lowest BCUT2D eigenvalue weighted by atomic mass is 10.0. The Morgan fingerprint density at radius 1 is 1.22 bits per heavy atom. The quantitative estimate of drug-likeness (QED) is 0.709. The van der Waals surface area contributed by atoms with Crippen LogP contribution in [0, 0.1) is 5.82 Å². The van der Waals surface area contributed by atoms with Crippen molar-refractivity contribution in [3.63, 3.8) is 0 Å². The summed E-state index contributed by atoms with van der Waals surface area (Å²) in [4.78, 5) is 0. The van der Waals surface area contributed by atoms with Crippen LogP contribution < -0.4 is 5.73 Å². The van der Waals surface area contributed by atoms with Gasteiger partial charge in [-0.3, -0.25) is 0 Å². The Morgan fingerprint density at radius 3 is 2.70 bits per heavy atom. The Bertz CT molecular complexity index is 844. The molecule has 23 heavy (non-hydrogen) atoms. The molecule has 0 radical (unpaired) electrons. The predicted molar refractivity (Wildman–Crippen MR) is 98.6 cm³/mol. The molecule has 0 aliphatic rings. The number of nitrogens with two attached hydrogens (primary N) is 1. The molecule has 0 fully saturated rings. The Balaban J connectivity index is 2.35. The van der Waals surface area contributed by atoms with Crippen LogP contribution in [0.15, 0.2) is 42.5 Å². The molecular formula is C18H18ClFN2S. The third-order valence-electron chi connectivity index (χ3n) is 3.99. The monoisotopic (exact) mass is 348 g/mol. The number of thioether (sulfide) groups is 1. The van der Waals surface area contributed by atoms with E-state index in [0.29, 0.717) is 17.1 Å². The number of fused-ring (bicyclic) bond motifs is 1. The second-order valence-corrected chi connectivity index (χ2v) is 6.73. The summed E-state index contributed by atoms with van der Waals surface area (Å²) in [6.45, 7) is 1.19. The molecule has 0 atom stereocenters. The first kappa shape index (κ1) is 16.4. The number of hydrogen-bond acceptors (Lipinski definition) is 2. The van der Waals surface area contributed by atoms with E-state index in [2.05, 4.69) is 10.8 Å². The molecule has 120 valence electrons. The molecule has 1 aromatic heterocycles. The highest BCUT2D eigenvalue weighted by atomic mass is 35.5. The van der Waals surface area contributed by atoms with Gasteiger partial charge in [-0.15, -0.1) is 0 Å². The largest absolute Gasteiger partial charge is 0.342 e. The summed E-state index contributed by atoms with van der Waals surface area (Å²) in [5.41, 5.74) is 9.44. The van der Waals surface area contributed by atoms with Gasteiger partial charge in [-0.05, 0) is 30.5 Å². The van der Waals surface area contributed by atoms with Gasteiger partial charge in [-0.2, -0.15) is 11.8 Å². The molecule has 2 aromatic carbocycles. The first-order valence-electron chi connectivity index (χ1n) is 7.42. The minimum atomic E-state index is -0.244. The number of halogens is 2. The van der Waals surface area contributed by atoms with Crippen LogP contribution in [0.3, 0.4) is 0 Å². The molecule has 1 heterocycles. The molecule has 0 aliphatic heterocycles. The molecule has 0 saturated heterocycles. The summed E-state index contributed by atoms with van der Waals surface area (Å²) >= 11 is 7.96. The predicted octanol–water partition coefficient (Wildman–Crippen LogP) is 4.92. The lowest BCUT2D eigenvalue weighted by Crippen LogP contribution is -2.10. The summed E-state index contributed by atoms with van der Waals surface area (Å²) in [6.07, 6.45) is 2.07. The topological polar surface area (TPSA) is 30.9 Å². The summed E-state index contributed by atoms with van der Waals surface area (Å²) in [6, 6.07) is 12.6. The molecular weight excluding hydrogens is 331 g/mol. The maximum atomic E-state index is 14.4. The Labute approximate surface area is 144 Å². The second-order valence-electron chi connectivity index (χ2n) is 5.31. The van der Waals surface area contributed by atoms with Crippen LogP contribution in [0.2, 0.25) is 5.02 Å². The molecule has 5 heteroatoms. The van der Waals surface area contributed by atoms with Crippen LogP contribution in [0.1, 0.15) is 5.69 Å². The molecule has 3 rings (SSSR count). The number of rotatable bonds is 5. The fourth-order valence-corrected chi connectivity index (χ4v) is 3.53. The number of aryl methyl sites for hydroxylation is 1. The first-order chi connectivity index (χ1) is 11.2.